The van der Waals surface area contributed by atoms with Crippen LogP contribution in [0.4, 0.5) is 0 Å². The smallest absolute Gasteiger partial charge is 0.313 e. The fraction of sp³-hybridized carbons (Fsp3) is 0.455. The molecule has 0 spiro atoms. The van der Waals surface area contributed by atoms with Gasteiger partial charge in [0.2, 0.25) is 0 Å². The Hall–Kier alpha value is -2.40. The number of hydrogen-bond acceptors (Lipinski definition) is 5. The van der Waals surface area contributed by atoms with Gasteiger partial charge in [-0.1, -0.05) is 59.7 Å². The van der Waals surface area contributed by atoms with E-state index in [1.165, 1.54) is 0 Å². The predicted octanol–water partition coefficient (Wildman–Crippen LogP) is 4.20. The summed E-state index contributed by atoms with van der Waals surface area (Å²) in [5, 5.41) is 1.78. The lowest BCUT2D eigenvalue weighted by atomic mass is 9.84. The molecule has 0 heterocycles. The van der Waals surface area contributed by atoms with Crippen LogP contribution in [0, 0.1) is 11.8 Å². The van der Waals surface area contributed by atoms with Crippen LogP contribution in [0.5, 0.6) is 11.5 Å². The molecular weight excluding hydrogens is 342 g/mol. The maximum Gasteiger partial charge on any atom is 0.313 e. The van der Waals surface area contributed by atoms with Crippen LogP contribution in [0.2, 0.25) is 0 Å². The first-order valence-electron chi connectivity index (χ1n) is 9.27. The highest BCUT2D eigenvalue weighted by Crippen LogP contribution is 2.35. The first-order chi connectivity index (χ1) is 12.5. The van der Waals surface area contributed by atoms with E-state index in [9.17, 15) is 9.59 Å². The highest BCUT2D eigenvalue weighted by atomic mass is 16.6. The molecule has 0 radical (unpaired) electrons. The van der Waals surface area contributed by atoms with Gasteiger partial charge in [0.25, 0.3) is 0 Å². The SMILES string of the molecule is CC(C)C(=O)Oc1cc2ccc(C(C)(C)CN)cc2cc1OC(=O)C(C)C. The second-order valence-electron chi connectivity index (χ2n) is 8.10. The summed E-state index contributed by atoms with van der Waals surface area (Å²) in [6.45, 7) is 11.7. The van der Waals surface area contributed by atoms with Gasteiger partial charge >= 0.3 is 11.9 Å². The van der Waals surface area contributed by atoms with Gasteiger partial charge in [0, 0.05) is 12.0 Å². The molecule has 0 unspecified atom stereocenters. The Labute approximate surface area is 160 Å². The third kappa shape index (κ3) is 4.86. The number of fused-ring (bicyclic) bond motifs is 1. The van der Waals surface area contributed by atoms with Crippen LogP contribution in [0.15, 0.2) is 30.3 Å². The molecule has 2 rings (SSSR count). The molecule has 5 heteroatoms. The van der Waals surface area contributed by atoms with Crippen LogP contribution in [0.25, 0.3) is 10.8 Å². The summed E-state index contributed by atoms with van der Waals surface area (Å²) in [5.74, 6) is -0.843. The number of carbonyl (C=O) groups is 2. The van der Waals surface area contributed by atoms with Crippen molar-refractivity contribution >= 4 is 22.7 Å². The first kappa shape index (κ1) is 20.9. The molecule has 0 aromatic heterocycles. The molecule has 5 nitrogen and oxygen atoms in total. The normalized spacial score (nSPS) is 11.9. The van der Waals surface area contributed by atoms with E-state index >= 15 is 0 Å². The largest absolute Gasteiger partial charge is 0.422 e. The van der Waals surface area contributed by atoms with E-state index < -0.39 is 0 Å². The lowest BCUT2D eigenvalue weighted by Gasteiger charge is -2.23. The van der Waals surface area contributed by atoms with E-state index in [0.717, 1.165) is 16.3 Å². The maximum atomic E-state index is 12.1. The molecular formula is C22H29NO4. The topological polar surface area (TPSA) is 78.6 Å². The Bertz CT molecular complexity index is 853. The van der Waals surface area contributed by atoms with Gasteiger partial charge in [-0.3, -0.25) is 9.59 Å². The van der Waals surface area contributed by atoms with Crippen molar-refractivity contribution in [2.45, 2.75) is 47.0 Å². The summed E-state index contributed by atoms with van der Waals surface area (Å²) in [7, 11) is 0. The van der Waals surface area contributed by atoms with Crippen LogP contribution in [0.3, 0.4) is 0 Å². The second-order valence-corrected chi connectivity index (χ2v) is 8.10. The number of esters is 2. The van der Waals surface area contributed by atoms with Crippen molar-refractivity contribution in [1.29, 1.82) is 0 Å². The average Bonchev–Trinajstić information content (AvgIpc) is 2.61. The van der Waals surface area contributed by atoms with Crippen molar-refractivity contribution in [1.82, 2.24) is 0 Å². The van der Waals surface area contributed by atoms with Gasteiger partial charge in [0.1, 0.15) is 0 Å². The molecule has 2 aromatic rings. The zero-order chi connectivity index (χ0) is 20.4. The third-order valence-corrected chi connectivity index (χ3v) is 4.56. The minimum Gasteiger partial charge on any atom is -0.422 e. The molecule has 27 heavy (non-hydrogen) atoms. The Balaban J connectivity index is 2.56. The van der Waals surface area contributed by atoms with Crippen molar-refractivity contribution in [2.75, 3.05) is 6.54 Å². The molecule has 0 amide bonds. The Morgan fingerprint density at radius 3 is 1.81 bits per heavy atom. The third-order valence-electron chi connectivity index (χ3n) is 4.56. The fourth-order valence-electron chi connectivity index (χ4n) is 2.41. The summed E-state index contributed by atoms with van der Waals surface area (Å²) >= 11 is 0. The summed E-state index contributed by atoms with van der Waals surface area (Å²) in [6.07, 6.45) is 0. The lowest BCUT2D eigenvalue weighted by Crippen LogP contribution is -2.27. The number of benzene rings is 2. The maximum absolute atomic E-state index is 12.1. The van der Waals surface area contributed by atoms with Crippen LogP contribution in [0.1, 0.15) is 47.1 Å². The molecule has 0 saturated carbocycles. The molecule has 2 N–H and O–H groups in total. The number of carbonyl (C=O) groups excluding carboxylic acids is 2. The molecule has 0 bridgehead atoms. The van der Waals surface area contributed by atoms with Gasteiger partial charge in [-0.2, -0.15) is 0 Å². The minimum absolute atomic E-state index is 0.175. The van der Waals surface area contributed by atoms with E-state index in [-0.39, 0.29) is 40.7 Å². The summed E-state index contributed by atoms with van der Waals surface area (Å²) in [6, 6.07) is 9.49. The van der Waals surface area contributed by atoms with Gasteiger partial charge in [-0.05, 0) is 28.5 Å². The Morgan fingerprint density at radius 1 is 0.889 bits per heavy atom. The van der Waals surface area contributed by atoms with E-state index in [1.54, 1.807) is 39.8 Å². The summed E-state index contributed by atoms with van der Waals surface area (Å²) < 4.78 is 11.0. The minimum atomic E-state index is -0.380. The number of ether oxygens (including phenoxy) is 2. The molecule has 0 fully saturated rings. The number of hydrogen-bond donors (Lipinski definition) is 1. The Morgan fingerprint density at radius 2 is 1.37 bits per heavy atom. The molecule has 2 aromatic carbocycles. The second kappa shape index (κ2) is 8.09. The monoisotopic (exact) mass is 371 g/mol. The molecule has 146 valence electrons. The first-order valence-corrected chi connectivity index (χ1v) is 9.27. The van der Waals surface area contributed by atoms with E-state index in [4.69, 9.17) is 15.2 Å². The predicted molar refractivity (Wildman–Crippen MR) is 107 cm³/mol. The van der Waals surface area contributed by atoms with E-state index in [1.807, 2.05) is 18.2 Å². The van der Waals surface area contributed by atoms with Gasteiger partial charge < -0.3 is 15.2 Å². The van der Waals surface area contributed by atoms with Gasteiger partial charge in [-0.15, -0.1) is 0 Å². The molecule has 0 aliphatic heterocycles. The van der Waals surface area contributed by atoms with Crippen molar-refractivity contribution in [3.8, 4) is 11.5 Å². The van der Waals surface area contributed by atoms with Crippen molar-refractivity contribution in [2.24, 2.45) is 17.6 Å². The summed E-state index contributed by atoms with van der Waals surface area (Å²) in [5.41, 5.74) is 6.81. The highest BCUT2D eigenvalue weighted by Gasteiger charge is 2.21. The highest BCUT2D eigenvalue weighted by molar-refractivity contribution is 5.89. The van der Waals surface area contributed by atoms with E-state index in [2.05, 4.69) is 13.8 Å². The lowest BCUT2D eigenvalue weighted by molar-refractivity contribution is -0.140. The zero-order valence-electron chi connectivity index (χ0n) is 17.0. The van der Waals surface area contributed by atoms with Crippen LogP contribution < -0.4 is 15.2 Å². The fourth-order valence-corrected chi connectivity index (χ4v) is 2.41. The van der Waals surface area contributed by atoms with Crippen LogP contribution in [-0.2, 0) is 15.0 Å². The van der Waals surface area contributed by atoms with E-state index in [0.29, 0.717) is 6.54 Å². The quantitative estimate of drug-likeness (QED) is 0.608. The number of rotatable bonds is 6. The van der Waals surface area contributed by atoms with Crippen molar-refractivity contribution in [3.63, 3.8) is 0 Å². The van der Waals surface area contributed by atoms with Gasteiger partial charge in [-0.25, -0.2) is 0 Å². The summed E-state index contributed by atoms with van der Waals surface area (Å²) in [4.78, 5) is 24.2. The van der Waals surface area contributed by atoms with Crippen molar-refractivity contribution < 1.29 is 19.1 Å². The zero-order valence-corrected chi connectivity index (χ0v) is 17.0. The van der Waals surface area contributed by atoms with Gasteiger partial charge in [0.15, 0.2) is 11.5 Å². The van der Waals surface area contributed by atoms with Crippen LogP contribution in [-0.4, -0.2) is 18.5 Å². The molecule has 0 atom stereocenters. The van der Waals surface area contributed by atoms with Gasteiger partial charge in [0.05, 0.1) is 11.8 Å². The molecule has 0 saturated heterocycles. The average molecular weight is 371 g/mol. The molecule has 0 aliphatic carbocycles. The van der Waals surface area contributed by atoms with Crippen LogP contribution >= 0.6 is 0 Å². The Kier molecular flexibility index (Phi) is 6.26. The van der Waals surface area contributed by atoms with Crippen molar-refractivity contribution in [3.05, 3.63) is 35.9 Å². The standard InChI is InChI=1S/C22H29NO4/c1-13(2)20(24)26-18-10-15-7-8-17(22(5,6)12-23)9-16(15)11-19(18)27-21(25)14(3)4/h7-11,13-14H,12,23H2,1-6H3. The number of nitrogens with two attached hydrogens (primary N) is 1. The molecule has 0 aliphatic rings.